The smallest absolute Gasteiger partial charge is 0.338 e. The van der Waals surface area contributed by atoms with E-state index in [1.807, 2.05) is 0 Å². The van der Waals surface area contributed by atoms with Gasteiger partial charge in [-0.15, -0.1) is 12.4 Å². The summed E-state index contributed by atoms with van der Waals surface area (Å²) in [6.07, 6.45) is -1.66. The maximum atomic E-state index is 12.3. The highest BCUT2D eigenvalue weighted by atomic mass is 35.5. The second kappa shape index (κ2) is 6.37. The Morgan fingerprint density at radius 2 is 2.09 bits per heavy atom. The number of carbonyl (C=O) groups is 1. The lowest BCUT2D eigenvalue weighted by Gasteiger charge is -2.08. The van der Waals surface area contributed by atoms with Crippen LogP contribution in [0.1, 0.15) is 6.42 Å². The van der Waals surface area contributed by atoms with Crippen LogP contribution in [0.3, 0.4) is 0 Å². The van der Waals surface area contributed by atoms with Crippen LogP contribution in [0.2, 0.25) is 0 Å². The van der Waals surface area contributed by atoms with Gasteiger partial charge in [0.2, 0.25) is 0 Å². The van der Waals surface area contributed by atoms with Crippen molar-refractivity contribution < 1.29 is 14.3 Å². The lowest BCUT2D eigenvalue weighted by atomic mass is 10.3. The summed E-state index contributed by atoms with van der Waals surface area (Å²) in [6.45, 7) is 0.466. The van der Waals surface area contributed by atoms with E-state index in [0.29, 0.717) is 6.54 Å². The summed E-state index contributed by atoms with van der Waals surface area (Å²) in [7, 11) is 3.54. The van der Waals surface area contributed by atoms with Gasteiger partial charge < -0.3 is 10.0 Å². The quantitative estimate of drug-likeness (QED) is 0.704. The fourth-order valence-corrected chi connectivity index (χ4v) is 0.495. The first-order valence-electron chi connectivity index (χ1n) is 3.05. The fourth-order valence-electron chi connectivity index (χ4n) is 0.495. The molecule has 0 bridgehead atoms. The van der Waals surface area contributed by atoms with Gasteiger partial charge in [-0.3, -0.25) is 0 Å². The summed E-state index contributed by atoms with van der Waals surface area (Å²) in [5, 5.41) is 8.10. The van der Waals surface area contributed by atoms with Gasteiger partial charge in [0.1, 0.15) is 0 Å². The molecule has 0 aliphatic carbocycles. The molecule has 5 heteroatoms. The van der Waals surface area contributed by atoms with Crippen LogP contribution in [-0.4, -0.2) is 42.8 Å². The minimum atomic E-state index is -1.72. The predicted octanol–water partition coefficient (Wildman–Crippen LogP) is 0.783. The topological polar surface area (TPSA) is 40.5 Å². The van der Waals surface area contributed by atoms with E-state index in [2.05, 4.69) is 0 Å². The van der Waals surface area contributed by atoms with Crippen molar-refractivity contribution in [2.45, 2.75) is 12.6 Å². The zero-order valence-corrected chi connectivity index (χ0v) is 7.40. The van der Waals surface area contributed by atoms with Crippen LogP contribution in [0, 0.1) is 0 Å². The molecule has 0 aromatic rings. The van der Waals surface area contributed by atoms with Crippen LogP contribution >= 0.6 is 12.4 Å². The first-order valence-corrected chi connectivity index (χ1v) is 3.05. The van der Waals surface area contributed by atoms with Crippen molar-refractivity contribution >= 4 is 18.4 Å². The monoisotopic (exact) mass is 185 g/mol. The molecule has 0 aromatic heterocycles. The van der Waals surface area contributed by atoms with Crippen LogP contribution in [0.4, 0.5) is 4.39 Å². The number of halogens is 2. The molecule has 0 radical (unpaired) electrons. The van der Waals surface area contributed by atoms with Crippen LogP contribution in [-0.2, 0) is 4.79 Å². The van der Waals surface area contributed by atoms with Crippen molar-refractivity contribution in [1.29, 1.82) is 0 Å². The molecule has 0 fully saturated rings. The number of rotatable bonds is 4. The Labute approximate surface area is 71.6 Å². The summed E-state index contributed by atoms with van der Waals surface area (Å²) in [4.78, 5) is 11.7. The first-order chi connectivity index (χ1) is 4.54. The molecule has 0 aliphatic heterocycles. The maximum Gasteiger partial charge on any atom is 0.338 e. The van der Waals surface area contributed by atoms with E-state index in [9.17, 15) is 9.18 Å². The summed E-state index contributed by atoms with van der Waals surface area (Å²) >= 11 is 0. The highest BCUT2D eigenvalue weighted by Gasteiger charge is 2.14. The van der Waals surface area contributed by atoms with Crippen LogP contribution in [0.25, 0.3) is 0 Å². The third kappa shape index (κ3) is 7.55. The molecule has 0 saturated carbocycles. The van der Waals surface area contributed by atoms with Gasteiger partial charge in [-0.2, -0.15) is 0 Å². The molecule has 0 saturated heterocycles. The number of alkyl halides is 1. The van der Waals surface area contributed by atoms with Crippen molar-refractivity contribution in [1.82, 2.24) is 4.90 Å². The number of carboxylic acids is 1. The van der Waals surface area contributed by atoms with Crippen molar-refractivity contribution in [3.8, 4) is 0 Å². The predicted molar refractivity (Wildman–Crippen MR) is 43.0 cm³/mol. The number of nitrogens with zero attached hydrogens (tertiary/aromatic N) is 1. The highest BCUT2D eigenvalue weighted by molar-refractivity contribution is 5.85. The molecular weight excluding hydrogens is 173 g/mol. The minimum Gasteiger partial charge on any atom is -0.479 e. The van der Waals surface area contributed by atoms with E-state index in [-0.39, 0.29) is 18.8 Å². The van der Waals surface area contributed by atoms with Crippen LogP contribution in [0.15, 0.2) is 0 Å². The lowest BCUT2D eigenvalue weighted by Crippen LogP contribution is -2.22. The number of carboxylic acid groups (broad SMARTS) is 1. The van der Waals surface area contributed by atoms with Gasteiger partial charge in [-0.25, -0.2) is 9.18 Å². The molecule has 0 aromatic carbocycles. The first kappa shape index (κ1) is 13.3. The molecule has 1 unspecified atom stereocenters. The lowest BCUT2D eigenvalue weighted by molar-refractivity contribution is -0.143. The summed E-state index contributed by atoms with van der Waals surface area (Å²) in [5.41, 5.74) is 0. The van der Waals surface area contributed by atoms with Gasteiger partial charge in [0.25, 0.3) is 0 Å². The Balaban J connectivity index is 0. The third-order valence-electron chi connectivity index (χ3n) is 1.10. The second-order valence-electron chi connectivity index (χ2n) is 2.40. The average Bonchev–Trinajstić information content (AvgIpc) is 1.82. The molecule has 68 valence electrons. The van der Waals surface area contributed by atoms with Crippen molar-refractivity contribution in [3.63, 3.8) is 0 Å². The third-order valence-corrected chi connectivity index (χ3v) is 1.10. The Bertz CT molecular complexity index is 121. The molecule has 0 heterocycles. The van der Waals surface area contributed by atoms with E-state index in [0.717, 1.165) is 0 Å². The average molecular weight is 186 g/mol. The molecule has 0 aliphatic rings. The van der Waals surface area contributed by atoms with Gasteiger partial charge in [-0.1, -0.05) is 0 Å². The highest BCUT2D eigenvalue weighted by Crippen LogP contribution is 1.97. The van der Waals surface area contributed by atoms with Crippen LogP contribution < -0.4 is 0 Å². The zero-order chi connectivity index (χ0) is 8.15. The molecule has 0 rings (SSSR count). The maximum absolute atomic E-state index is 12.3. The van der Waals surface area contributed by atoms with Gasteiger partial charge >= 0.3 is 5.97 Å². The zero-order valence-electron chi connectivity index (χ0n) is 6.58. The van der Waals surface area contributed by atoms with Crippen molar-refractivity contribution in [2.24, 2.45) is 0 Å². The largest absolute Gasteiger partial charge is 0.479 e. The molecule has 0 amide bonds. The van der Waals surface area contributed by atoms with E-state index in [1.165, 1.54) is 0 Å². The van der Waals surface area contributed by atoms with E-state index < -0.39 is 12.1 Å². The van der Waals surface area contributed by atoms with E-state index in [4.69, 9.17) is 5.11 Å². The van der Waals surface area contributed by atoms with Crippen molar-refractivity contribution in [3.05, 3.63) is 0 Å². The standard InChI is InChI=1S/C6H12FNO2.ClH/c1-8(2)4-3-5(7)6(9)10;/h5H,3-4H2,1-2H3,(H,9,10);1H. The molecule has 0 spiro atoms. The summed E-state index contributed by atoms with van der Waals surface area (Å²) in [6, 6.07) is 0. The summed E-state index contributed by atoms with van der Waals surface area (Å²) < 4.78 is 12.3. The van der Waals surface area contributed by atoms with Gasteiger partial charge in [-0.05, 0) is 14.1 Å². The Hall–Kier alpha value is -0.350. The normalized spacial score (nSPS) is 12.4. The number of hydrogen-bond donors (Lipinski definition) is 1. The molecule has 3 nitrogen and oxygen atoms in total. The SMILES string of the molecule is CN(C)CCC(F)C(=O)O.Cl. The Kier molecular flexibility index (Phi) is 7.67. The van der Waals surface area contributed by atoms with E-state index in [1.54, 1.807) is 19.0 Å². The minimum absolute atomic E-state index is 0. The van der Waals surface area contributed by atoms with Crippen molar-refractivity contribution in [2.75, 3.05) is 20.6 Å². The van der Waals surface area contributed by atoms with Gasteiger partial charge in [0.05, 0.1) is 0 Å². The van der Waals surface area contributed by atoms with E-state index >= 15 is 0 Å². The summed E-state index contributed by atoms with van der Waals surface area (Å²) in [5.74, 6) is -1.37. The number of hydrogen-bond acceptors (Lipinski definition) is 2. The van der Waals surface area contributed by atoms with Gasteiger partial charge in [0.15, 0.2) is 6.17 Å². The Morgan fingerprint density at radius 3 is 2.36 bits per heavy atom. The molecular formula is C6H13ClFNO2. The Morgan fingerprint density at radius 1 is 1.64 bits per heavy atom. The fraction of sp³-hybridized carbons (Fsp3) is 0.833. The van der Waals surface area contributed by atoms with Crippen LogP contribution in [0.5, 0.6) is 0 Å². The molecule has 1 atom stereocenters. The van der Waals surface area contributed by atoms with Gasteiger partial charge in [0, 0.05) is 13.0 Å². The molecule has 1 N–H and O–H groups in total. The number of aliphatic carboxylic acids is 1. The molecule has 11 heavy (non-hydrogen) atoms. The second-order valence-corrected chi connectivity index (χ2v) is 2.40.